The van der Waals surface area contributed by atoms with E-state index in [0.29, 0.717) is 31.7 Å². The normalized spacial score (nSPS) is 13.7. The highest BCUT2D eigenvalue weighted by atomic mass is 35.5. The second kappa shape index (κ2) is 7.73. The number of thioether (sulfide) groups is 1. The number of halogens is 2. The molecule has 0 radical (unpaired) electrons. The van der Waals surface area contributed by atoms with Crippen LogP contribution < -0.4 is 10.9 Å². The highest BCUT2D eigenvalue weighted by molar-refractivity contribution is 7.99. The van der Waals surface area contributed by atoms with Gasteiger partial charge in [0.05, 0.1) is 26.7 Å². The first-order valence-electron chi connectivity index (χ1n) is 8.70. The van der Waals surface area contributed by atoms with Gasteiger partial charge >= 0.3 is 0 Å². The Balaban J connectivity index is 1.56. The van der Waals surface area contributed by atoms with Gasteiger partial charge in [-0.2, -0.15) is 0 Å². The summed E-state index contributed by atoms with van der Waals surface area (Å²) >= 11 is 13.4. The molecule has 0 unspecified atom stereocenters. The van der Waals surface area contributed by atoms with Gasteiger partial charge in [-0.15, -0.1) is 0 Å². The van der Waals surface area contributed by atoms with Crippen LogP contribution in [0.2, 0.25) is 10.0 Å². The molecular weight excluding hydrogens is 419 g/mol. The Kier molecular flexibility index (Phi) is 5.31. The maximum Gasteiger partial charge on any atom is 0.262 e. The van der Waals surface area contributed by atoms with E-state index in [4.69, 9.17) is 23.2 Å². The first-order valence-corrected chi connectivity index (χ1v) is 10.4. The van der Waals surface area contributed by atoms with Gasteiger partial charge in [0, 0.05) is 12.2 Å². The zero-order valence-corrected chi connectivity index (χ0v) is 17.2. The molecule has 1 amide bonds. The predicted molar refractivity (Wildman–Crippen MR) is 113 cm³/mol. The first kappa shape index (κ1) is 19.2. The van der Waals surface area contributed by atoms with Gasteiger partial charge in [0.1, 0.15) is 0 Å². The van der Waals surface area contributed by atoms with E-state index >= 15 is 0 Å². The molecule has 4 rings (SSSR count). The summed E-state index contributed by atoms with van der Waals surface area (Å²) in [6, 6.07) is 7.41. The largest absolute Gasteiger partial charge is 0.309 e. The summed E-state index contributed by atoms with van der Waals surface area (Å²) < 4.78 is 1.71. The van der Waals surface area contributed by atoms with E-state index in [-0.39, 0.29) is 29.1 Å². The lowest BCUT2D eigenvalue weighted by atomic mass is 10.2. The van der Waals surface area contributed by atoms with Gasteiger partial charge in [-0.05, 0) is 37.5 Å². The fraction of sp³-hybridized carbons (Fsp3) is 0.263. The first-order chi connectivity index (χ1) is 13.5. The van der Waals surface area contributed by atoms with Crippen molar-refractivity contribution in [3.05, 3.63) is 56.4 Å². The quantitative estimate of drug-likeness (QED) is 0.473. The molecule has 9 heteroatoms. The van der Waals surface area contributed by atoms with Crippen LogP contribution in [0.5, 0.6) is 0 Å². The van der Waals surface area contributed by atoms with Crippen LogP contribution in [0.1, 0.15) is 24.4 Å². The van der Waals surface area contributed by atoms with Crippen LogP contribution in [0, 0.1) is 6.92 Å². The molecule has 1 N–H and O–H groups in total. The van der Waals surface area contributed by atoms with Crippen molar-refractivity contribution in [2.45, 2.75) is 31.0 Å². The third-order valence-corrected chi connectivity index (χ3v) is 6.28. The Morgan fingerprint density at radius 3 is 2.82 bits per heavy atom. The monoisotopic (exact) mass is 434 g/mol. The SMILES string of the molecule is Cc1c(Cl)cnc(NC(=O)CSc2nc3ccccc3c(=O)n2C2CC2)c1Cl. The van der Waals surface area contributed by atoms with Crippen molar-refractivity contribution >= 4 is 57.6 Å². The van der Waals surface area contributed by atoms with E-state index in [1.165, 1.54) is 18.0 Å². The second-order valence-electron chi connectivity index (χ2n) is 6.55. The molecule has 2 aromatic heterocycles. The van der Waals surface area contributed by atoms with Crippen LogP contribution in [0.25, 0.3) is 10.9 Å². The number of anilines is 1. The smallest absolute Gasteiger partial charge is 0.262 e. The van der Waals surface area contributed by atoms with Crippen molar-refractivity contribution in [1.29, 1.82) is 0 Å². The van der Waals surface area contributed by atoms with Crippen LogP contribution in [0.4, 0.5) is 5.82 Å². The summed E-state index contributed by atoms with van der Waals surface area (Å²) in [5, 5.41) is 4.58. The lowest BCUT2D eigenvalue weighted by Gasteiger charge is -2.12. The van der Waals surface area contributed by atoms with Crippen molar-refractivity contribution in [1.82, 2.24) is 14.5 Å². The minimum atomic E-state index is -0.286. The summed E-state index contributed by atoms with van der Waals surface area (Å²) in [5.41, 5.74) is 1.22. The minimum Gasteiger partial charge on any atom is -0.309 e. The van der Waals surface area contributed by atoms with Gasteiger partial charge in [0.25, 0.3) is 5.56 Å². The number of fused-ring (bicyclic) bond motifs is 1. The molecule has 2 heterocycles. The zero-order chi connectivity index (χ0) is 19.8. The Hall–Kier alpha value is -2.09. The number of hydrogen-bond acceptors (Lipinski definition) is 5. The third-order valence-electron chi connectivity index (χ3n) is 4.48. The zero-order valence-electron chi connectivity index (χ0n) is 14.9. The topological polar surface area (TPSA) is 76.9 Å². The molecule has 6 nitrogen and oxygen atoms in total. The number of rotatable bonds is 5. The third kappa shape index (κ3) is 3.74. The molecule has 1 aromatic carbocycles. The van der Waals surface area contributed by atoms with Gasteiger partial charge in [0.2, 0.25) is 5.91 Å². The lowest BCUT2D eigenvalue weighted by molar-refractivity contribution is -0.113. The van der Waals surface area contributed by atoms with Crippen molar-refractivity contribution in [3.63, 3.8) is 0 Å². The maximum atomic E-state index is 12.8. The summed E-state index contributed by atoms with van der Waals surface area (Å²) in [4.78, 5) is 33.9. The molecule has 0 bridgehead atoms. The maximum absolute atomic E-state index is 12.8. The van der Waals surface area contributed by atoms with Gasteiger partial charge in [0.15, 0.2) is 11.0 Å². The van der Waals surface area contributed by atoms with Crippen molar-refractivity contribution in [3.8, 4) is 0 Å². The van der Waals surface area contributed by atoms with Crippen LogP contribution in [0.15, 0.2) is 40.4 Å². The molecule has 1 fully saturated rings. The molecule has 0 atom stereocenters. The van der Waals surface area contributed by atoms with Crippen LogP contribution in [0.3, 0.4) is 0 Å². The van der Waals surface area contributed by atoms with Crippen LogP contribution in [-0.2, 0) is 4.79 Å². The average Bonchev–Trinajstić information content (AvgIpc) is 3.52. The number of nitrogens with one attached hydrogen (secondary N) is 1. The predicted octanol–water partition coefficient (Wildman–Crippen LogP) is 4.47. The Morgan fingerprint density at radius 1 is 1.32 bits per heavy atom. The molecule has 1 aliphatic carbocycles. The summed E-state index contributed by atoms with van der Waals surface area (Å²) in [6.07, 6.45) is 3.34. The average molecular weight is 435 g/mol. The highest BCUT2D eigenvalue weighted by Crippen LogP contribution is 2.37. The molecule has 1 aliphatic rings. The number of carbonyl (C=O) groups is 1. The fourth-order valence-electron chi connectivity index (χ4n) is 2.82. The standard InChI is InChI=1S/C19H16Cl2N4O2S/c1-10-13(20)8-22-17(16(10)21)24-15(26)9-28-19-23-14-5-3-2-4-12(14)18(27)25(19)11-6-7-11/h2-5,8,11H,6-7,9H2,1H3,(H,22,24,26). The number of hydrogen-bond donors (Lipinski definition) is 1. The summed E-state index contributed by atoms with van der Waals surface area (Å²) in [5.74, 6) is 0.0584. The van der Waals surface area contributed by atoms with E-state index in [1.807, 2.05) is 12.1 Å². The molecule has 3 aromatic rings. The van der Waals surface area contributed by atoms with Crippen LogP contribution >= 0.6 is 35.0 Å². The Bertz CT molecular complexity index is 1140. The minimum absolute atomic E-state index is 0.0611. The number of nitrogens with zero attached hydrogens (tertiary/aromatic N) is 3. The van der Waals surface area contributed by atoms with Gasteiger partial charge in [-0.3, -0.25) is 14.2 Å². The number of amides is 1. The van der Waals surface area contributed by atoms with Gasteiger partial charge < -0.3 is 5.32 Å². The van der Waals surface area contributed by atoms with E-state index < -0.39 is 0 Å². The van der Waals surface area contributed by atoms with Crippen LogP contribution in [-0.4, -0.2) is 26.2 Å². The molecule has 0 aliphatic heterocycles. The number of benzene rings is 1. The molecule has 28 heavy (non-hydrogen) atoms. The summed E-state index contributed by atoms with van der Waals surface area (Å²) in [7, 11) is 0. The Morgan fingerprint density at radius 2 is 2.07 bits per heavy atom. The molecule has 0 spiro atoms. The summed E-state index contributed by atoms with van der Waals surface area (Å²) in [6.45, 7) is 1.75. The lowest BCUT2D eigenvalue weighted by Crippen LogP contribution is -2.23. The number of carbonyl (C=O) groups excluding carboxylic acids is 1. The van der Waals surface area contributed by atoms with E-state index in [9.17, 15) is 9.59 Å². The number of para-hydroxylation sites is 1. The highest BCUT2D eigenvalue weighted by Gasteiger charge is 2.28. The Labute approximate surface area is 175 Å². The molecule has 1 saturated carbocycles. The van der Waals surface area contributed by atoms with E-state index in [0.717, 1.165) is 12.8 Å². The van der Waals surface area contributed by atoms with Gasteiger partial charge in [-0.1, -0.05) is 47.1 Å². The number of pyridine rings is 1. The van der Waals surface area contributed by atoms with Crippen molar-refractivity contribution < 1.29 is 4.79 Å². The number of aromatic nitrogens is 3. The van der Waals surface area contributed by atoms with E-state index in [2.05, 4.69) is 15.3 Å². The fourth-order valence-corrected chi connectivity index (χ4v) is 4.08. The van der Waals surface area contributed by atoms with Crippen molar-refractivity contribution in [2.24, 2.45) is 0 Å². The van der Waals surface area contributed by atoms with Gasteiger partial charge in [-0.25, -0.2) is 9.97 Å². The molecule has 0 saturated heterocycles. The van der Waals surface area contributed by atoms with E-state index in [1.54, 1.807) is 23.6 Å². The second-order valence-corrected chi connectivity index (χ2v) is 8.28. The molecule has 144 valence electrons. The molecular formula is C19H16Cl2N4O2S. The van der Waals surface area contributed by atoms with Crippen molar-refractivity contribution in [2.75, 3.05) is 11.1 Å².